The van der Waals surface area contributed by atoms with Crippen LogP contribution in [0.1, 0.15) is 452 Å². The maximum absolute atomic E-state index is 13.2. The van der Waals surface area contributed by atoms with Crippen molar-refractivity contribution in [1.82, 2.24) is 0 Å². The summed E-state index contributed by atoms with van der Waals surface area (Å²) in [4.78, 5) is 73.3. The third-order valence-corrected chi connectivity index (χ3v) is 22.6. The number of carbonyl (C=O) groups excluding carboxylic acids is 4. The molecule has 0 bridgehead atoms. The molecule has 0 aliphatic heterocycles. The van der Waals surface area contributed by atoms with E-state index < -0.39 is 97.5 Å². The van der Waals surface area contributed by atoms with Gasteiger partial charge < -0.3 is 33.8 Å². The van der Waals surface area contributed by atoms with Crippen LogP contribution in [0.25, 0.3) is 0 Å². The Kier molecular flexibility index (Phi) is 77.9. The van der Waals surface area contributed by atoms with Gasteiger partial charge >= 0.3 is 39.5 Å². The Hall–Kier alpha value is -2.46. The molecule has 0 saturated heterocycles. The van der Waals surface area contributed by atoms with E-state index in [-0.39, 0.29) is 25.7 Å². The molecule has 0 aromatic carbocycles. The maximum atomic E-state index is 13.2. The van der Waals surface area contributed by atoms with Crippen molar-refractivity contribution in [2.75, 3.05) is 39.6 Å². The first-order chi connectivity index (χ1) is 52.4. The first kappa shape index (κ1) is 106. The molecular weight excluding hydrogens is 1400 g/mol. The fraction of sp³-hybridized carbons (Fsp3) is 0.910. The number of esters is 4. The molecule has 0 aliphatic carbocycles. The number of aliphatic hydroxyl groups is 1. The molecule has 0 amide bonds. The van der Waals surface area contributed by atoms with Crippen LogP contribution >= 0.6 is 15.6 Å². The molecule has 0 radical (unpaired) electrons. The summed E-state index contributed by atoms with van der Waals surface area (Å²) in [6.07, 6.45) is 75.8. The zero-order valence-electron chi connectivity index (χ0n) is 70.6. The van der Waals surface area contributed by atoms with Gasteiger partial charge in [-0.15, -0.1) is 0 Å². The monoisotopic (exact) mass is 1570 g/mol. The van der Waals surface area contributed by atoms with Gasteiger partial charge in [0.05, 0.1) is 26.4 Å². The van der Waals surface area contributed by atoms with Gasteiger partial charge in [0.15, 0.2) is 12.2 Å². The van der Waals surface area contributed by atoms with E-state index in [1.165, 1.54) is 257 Å². The van der Waals surface area contributed by atoms with Gasteiger partial charge in [0.2, 0.25) is 0 Å². The molecule has 0 aromatic rings. The molecule has 17 nitrogen and oxygen atoms in total. The number of unbranched alkanes of at least 4 members (excludes halogenated alkanes) is 52. The van der Waals surface area contributed by atoms with Gasteiger partial charge in [0, 0.05) is 25.7 Å². The van der Waals surface area contributed by atoms with E-state index in [4.69, 9.17) is 37.0 Å². The highest BCUT2D eigenvalue weighted by Gasteiger charge is 2.30. The summed E-state index contributed by atoms with van der Waals surface area (Å²) in [6, 6.07) is 0. The number of allylic oxidation sites excluding steroid dienone is 4. The second-order valence-corrected chi connectivity index (χ2v) is 34.9. The van der Waals surface area contributed by atoms with Crippen molar-refractivity contribution in [3.63, 3.8) is 0 Å². The Labute approximate surface area is 663 Å². The summed E-state index contributed by atoms with van der Waals surface area (Å²) in [5.74, 6) is -0.519. The number of phosphoric acid groups is 2. The standard InChI is InChI=1S/C89H170O17P2/c1-7-10-12-14-16-18-20-22-24-25-26-30-34-37-41-47-53-59-65-71-86(91)99-77-84(105-89(94)74-68-62-56-49-43-39-35-31-28-27-29-33-36-40-46-52-58-64-70-82(6)9-3)79-103-107(95,96)101-75-83(90)76-102-108(97,98)104-80-85(78-100-87(92)72-66-60-54-50-44-45-51-57-63-69-81(4)5)106-88(93)73-67-61-55-48-42-38-32-23-21-19-17-15-13-11-8-2/h19,21,23,32,81-85,90H,7-18,20,22,24-31,33-80H2,1-6H3,(H,95,96)(H,97,98)/b21-19-,32-23-/t82?,83-,84-,85-/m1/s1. The number of ether oxygens (including phenoxy) is 4. The van der Waals surface area contributed by atoms with Gasteiger partial charge in [-0.3, -0.25) is 37.3 Å². The molecule has 0 fully saturated rings. The summed E-state index contributed by atoms with van der Waals surface area (Å²) >= 11 is 0. The minimum absolute atomic E-state index is 0.0850. The Balaban J connectivity index is 5.27. The third-order valence-electron chi connectivity index (χ3n) is 20.7. The molecule has 0 spiro atoms. The Bertz CT molecular complexity index is 2160. The second kappa shape index (κ2) is 79.8. The lowest BCUT2D eigenvalue weighted by atomic mass is 9.99. The molecule has 0 rings (SSSR count). The highest BCUT2D eigenvalue weighted by atomic mass is 31.2. The van der Waals surface area contributed by atoms with Gasteiger partial charge in [0.25, 0.3) is 0 Å². The quantitative estimate of drug-likeness (QED) is 0.0169. The van der Waals surface area contributed by atoms with Crippen LogP contribution in [-0.4, -0.2) is 96.7 Å². The topological polar surface area (TPSA) is 237 Å². The average molecular weight is 1570 g/mol. The number of rotatable bonds is 86. The van der Waals surface area contributed by atoms with E-state index in [0.29, 0.717) is 25.7 Å². The molecule has 638 valence electrons. The summed E-state index contributed by atoms with van der Waals surface area (Å²) in [5.41, 5.74) is 0. The normalized spacial score (nSPS) is 14.2. The van der Waals surface area contributed by atoms with Crippen LogP contribution in [0.15, 0.2) is 24.3 Å². The second-order valence-electron chi connectivity index (χ2n) is 32.0. The highest BCUT2D eigenvalue weighted by Crippen LogP contribution is 2.45. The fourth-order valence-corrected chi connectivity index (χ4v) is 15.0. The van der Waals surface area contributed by atoms with Crippen LogP contribution < -0.4 is 0 Å². The van der Waals surface area contributed by atoms with Gasteiger partial charge in [0.1, 0.15) is 19.3 Å². The SMILES string of the molecule is CCCCCC/C=C\C=C/CCCCCCCC(=O)O[C@H](COC(=O)CCCCCCCCCCCC(C)C)COP(=O)(O)OC[C@H](O)COP(=O)(O)OC[C@@H](COC(=O)CCCCCCCCCCCCCCCCCCCCC)OC(=O)CCCCCCCCCCCCCCCCCCCCC(C)CC. The van der Waals surface area contributed by atoms with Gasteiger partial charge in [-0.2, -0.15) is 0 Å². The summed E-state index contributed by atoms with van der Waals surface area (Å²) in [5, 5.41) is 10.7. The Morgan fingerprint density at radius 1 is 0.306 bits per heavy atom. The molecule has 0 heterocycles. The first-order valence-corrected chi connectivity index (χ1v) is 48.3. The van der Waals surface area contributed by atoms with E-state index in [1.807, 2.05) is 0 Å². The van der Waals surface area contributed by atoms with Crippen molar-refractivity contribution in [3.05, 3.63) is 24.3 Å². The van der Waals surface area contributed by atoms with Crippen LogP contribution in [-0.2, 0) is 65.4 Å². The van der Waals surface area contributed by atoms with Crippen LogP contribution in [0.2, 0.25) is 0 Å². The molecule has 3 N–H and O–H groups in total. The summed E-state index contributed by atoms with van der Waals surface area (Å²) in [6.45, 7) is 9.66. The summed E-state index contributed by atoms with van der Waals surface area (Å²) < 4.78 is 68.9. The maximum Gasteiger partial charge on any atom is 0.472 e. The molecule has 6 atom stereocenters. The Morgan fingerprint density at radius 3 is 0.833 bits per heavy atom. The Morgan fingerprint density at radius 2 is 0.546 bits per heavy atom. The van der Waals surface area contributed by atoms with E-state index >= 15 is 0 Å². The molecule has 108 heavy (non-hydrogen) atoms. The summed E-state index contributed by atoms with van der Waals surface area (Å²) in [7, 11) is -9.95. The zero-order chi connectivity index (χ0) is 79.2. The predicted octanol–water partition coefficient (Wildman–Crippen LogP) is 27.0. The molecule has 19 heteroatoms. The third kappa shape index (κ3) is 80.2. The molecule has 3 unspecified atom stereocenters. The van der Waals surface area contributed by atoms with Crippen molar-refractivity contribution in [1.29, 1.82) is 0 Å². The van der Waals surface area contributed by atoms with Crippen molar-refractivity contribution in [3.8, 4) is 0 Å². The van der Waals surface area contributed by atoms with Crippen LogP contribution in [0.5, 0.6) is 0 Å². The van der Waals surface area contributed by atoms with Crippen LogP contribution in [0, 0.1) is 11.8 Å². The molecule has 0 saturated carbocycles. The number of carbonyl (C=O) groups is 4. The number of aliphatic hydroxyl groups excluding tert-OH is 1. The number of phosphoric ester groups is 2. The molecule has 0 aromatic heterocycles. The molecule has 0 aliphatic rings. The number of hydrogen-bond donors (Lipinski definition) is 3. The first-order valence-electron chi connectivity index (χ1n) is 45.3. The van der Waals surface area contributed by atoms with E-state index in [0.717, 1.165) is 115 Å². The van der Waals surface area contributed by atoms with Crippen molar-refractivity contribution in [2.24, 2.45) is 11.8 Å². The van der Waals surface area contributed by atoms with E-state index in [1.54, 1.807) is 0 Å². The van der Waals surface area contributed by atoms with Crippen molar-refractivity contribution < 1.29 is 80.2 Å². The lowest BCUT2D eigenvalue weighted by Gasteiger charge is -2.21. The van der Waals surface area contributed by atoms with Crippen LogP contribution in [0.3, 0.4) is 0 Å². The van der Waals surface area contributed by atoms with E-state index in [9.17, 15) is 43.2 Å². The average Bonchev–Trinajstić information content (AvgIpc) is 0.898. The lowest BCUT2D eigenvalue weighted by Crippen LogP contribution is -2.30. The van der Waals surface area contributed by atoms with Crippen molar-refractivity contribution in [2.45, 2.75) is 471 Å². The van der Waals surface area contributed by atoms with Gasteiger partial charge in [-0.05, 0) is 63.2 Å². The zero-order valence-corrected chi connectivity index (χ0v) is 72.4. The highest BCUT2D eigenvalue weighted by molar-refractivity contribution is 7.47. The lowest BCUT2D eigenvalue weighted by molar-refractivity contribution is -0.161. The largest absolute Gasteiger partial charge is 0.472 e. The minimum atomic E-state index is -4.97. The smallest absolute Gasteiger partial charge is 0.462 e. The minimum Gasteiger partial charge on any atom is -0.462 e. The number of hydrogen-bond acceptors (Lipinski definition) is 15. The fourth-order valence-electron chi connectivity index (χ4n) is 13.4. The van der Waals surface area contributed by atoms with Gasteiger partial charge in [-0.1, -0.05) is 400 Å². The van der Waals surface area contributed by atoms with Crippen LogP contribution in [0.4, 0.5) is 0 Å². The van der Waals surface area contributed by atoms with Crippen molar-refractivity contribution >= 4 is 39.5 Å². The predicted molar refractivity (Wildman–Crippen MR) is 446 cm³/mol. The molecular formula is C89H170O17P2. The van der Waals surface area contributed by atoms with E-state index in [2.05, 4.69) is 65.8 Å². The van der Waals surface area contributed by atoms with Gasteiger partial charge in [-0.25, -0.2) is 9.13 Å².